The smallest absolute Gasteiger partial charge is 0.165 e. The van der Waals surface area contributed by atoms with E-state index >= 15 is 0 Å². The number of para-hydroxylation sites is 1. The predicted octanol–water partition coefficient (Wildman–Crippen LogP) is 2.60. The summed E-state index contributed by atoms with van der Waals surface area (Å²) in [4.78, 5) is 6.46. The third-order valence-electron chi connectivity index (χ3n) is 3.78. The van der Waals surface area contributed by atoms with Gasteiger partial charge in [-0.25, -0.2) is 4.98 Å². The van der Waals surface area contributed by atoms with E-state index in [2.05, 4.69) is 22.4 Å². The molecule has 5 heteroatoms. The molecular formula is C18H23N3O2. The van der Waals surface area contributed by atoms with E-state index in [4.69, 9.17) is 9.47 Å². The Kier molecular flexibility index (Phi) is 4.98. The van der Waals surface area contributed by atoms with Gasteiger partial charge in [0.25, 0.3) is 0 Å². The quantitative estimate of drug-likeness (QED) is 0.919. The summed E-state index contributed by atoms with van der Waals surface area (Å²) in [6, 6.07) is 10.1. The van der Waals surface area contributed by atoms with Crippen LogP contribution in [0.15, 0.2) is 36.5 Å². The number of fused-ring (bicyclic) bond motifs is 1. The second-order valence-corrected chi connectivity index (χ2v) is 5.78. The van der Waals surface area contributed by atoms with Crippen LogP contribution in [-0.2, 0) is 13.1 Å². The highest BCUT2D eigenvalue weighted by molar-refractivity contribution is 5.47. The van der Waals surface area contributed by atoms with Gasteiger partial charge in [-0.1, -0.05) is 18.2 Å². The van der Waals surface area contributed by atoms with E-state index in [1.165, 1.54) is 5.56 Å². The van der Waals surface area contributed by atoms with Crippen LogP contribution < -0.4 is 19.7 Å². The molecule has 0 radical (unpaired) electrons. The Hall–Kier alpha value is -2.27. The molecule has 23 heavy (non-hydrogen) atoms. The molecule has 1 aliphatic heterocycles. The maximum absolute atomic E-state index is 5.86. The average molecular weight is 313 g/mol. The molecule has 3 rings (SSSR count). The molecule has 5 nitrogen and oxygen atoms in total. The number of pyridine rings is 1. The van der Waals surface area contributed by atoms with E-state index in [1.807, 2.05) is 43.4 Å². The minimum Gasteiger partial charge on any atom is -0.490 e. The molecule has 0 unspecified atom stereocenters. The molecule has 1 aromatic carbocycles. The molecule has 0 amide bonds. The summed E-state index contributed by atoms with van der Waals surface area (Å²) in [5.41, 5.74) is 2.30. The molecule has 1 aromatic heterocycles. The zero-order valence-electron chi connectivity index (χ0n) is 13.7. The van der Waals surface area contributed by atoms with Crippen LogP contribution in [0.5, 0.6) is 11.5 Å². The van der Waals surface area contributed by atoms with Crippen molar-refractivity contribution in [1.82, 2.24) is 10.3 Å². The van der Waals surface area contributed by atoms with Crippen LogP contribution >= 0.6 is 0 Å². The molecule has 1 N–H and O–H groups in total. The summed E-state index contributed by atoms with van der Waals surface area (Å²) in [5, 5.41) is 3.48. The fourth-order valence-electron chi connectivity index (χ4n) is 2.70. The molecule has 0 fully saturated rings. The third kappa shape index (κ3) is 3.74. The number of aromatic nitrogens is 1. The highest BCUT2D eigenvalue weighted by Gasteiger charge is 2.14. The zero-order chi connectivity index (χ0) is 16.1. The lowest BCUT2D eigenvalue weighted by Crippen LogP contribution is -2.18. The minimum atomic E-state index is 0.706. The Morgan fingerprint density at radius 2 is 1.83 bits per heavy atom. The van der Waals surface area contributed by atoms with Crippen LogP contribution in [0.2, 0.25) is 0 Å². The summed E-state index contributed by atoms with van der Waals surface area (Å²) in [6.45, 7) is 2.91. The lowest BCUT2D eigenvalue weighted by Gasteiger charge is -2.17. The van der Waals surface area contributed by atoms with E-state index in [1.54, 1.807) is 0 Å². The number of anilines is 1. The Morgan fingerprint density at radius 1 is 1.04 bits per heavy atom. The van der Waals surface area contributed by atoms with Gasteiger partial charge in [-0.15, -0.1) is 0 Å². The van der Waals surface area contributed by atoms with Gasteiger partial charge >= 0.3 is 0 Å². The Bertz CT molecular complexity index is 658. The van der Waals surface area contributed by atoms with Crippen molar-refractivity contribution >= 4 is 5.82 Å². The van der Waals surface area contributed by atoms with Crippen molar-refractivity contribution in [2.75, 3.05) is 32.2 Å². The zero-order valence-corrected chi connectivity index (χ0v) is 13.7. The molecule has 2 aromatic rings. The van der Waals surface area contributed by atoms with Crippen molar-refractivity contribution in [2.45, 2.75) is 19.5 Å². The summed E-state index contributed by atoms with van der Waals surface area (Å²) in [6.07, 6.45) is 2.74. The Morgan fingerprint density at radius 3 is 2.70 bits per heavy atom. The largest absolute Gasteiger partial charge is 0.490 e. The van der Waals surface area contributed by atoms with Crippen molar-refractivity contribution in [3.05, 3.63) is 47.7 Å². The predicted molar refractivity (Wildman–Crippen MR) is 91.2 cm³/mol. The maximum atomic E-state index is 5.86. The van der Waals surface area contributed by atoms with Gasteiger partial charge in [-0.05, 0) is 12.1 Å². The number of benzene rings is 1. The normalized spacial score (nSPS) is 13.5. The standard InChI is InChI=1S/C18H23N3O2/c1-21(2)18-15(7-4-9-20-18)13-19-12-14-6-3-8-16-17(14)23-11-5-10-22-16/h3-4,6-9,19H,5,10-13H2,1-2H3. The van der Waals surface area contributed by atoms with Crippen LogP contribution in [0.4, 0.5) is 5.82 Å². The second kappa shape index (κ2) is 7.33. The number of hydrogen-bond donors (Lipinski definition) is 1. The highest BCUT2D eigenvalue weighted by atomic mass is 16.5. The first kappa shape index (κ1) is 15.6. The van der Waals surface area contributed by atoms with Gasteiger partial charge in [-0.2, -0.15) is 0 Å². The summed E-state index contributed by atoms with van der Waals surface area (Å²) >= 11 is 0. The van der Waals surface area contributed by atoms with E-state index < -0.39 is 0 Å². The van der Waals surface area contributed by atoms with E-state index in [0.29, 0.717) is 13.2 Å². The minimum absolute atomic E-state index is 0.706. The average Bonchev–Trinajstić information content (AvgIpc) is 2.81. The lowest BCUT2D eigenvalue weighted by molar-refractivity contribution is 0.296. The molecule has 0 aliphatic carbocycles. The SMILES string of the molecule is CN(C)c1ncccc1CNCc1cccc2c1OCCCO2. The molecular weight excluding hydrogens is 290 g/mol. The van der Waals surface area contributed by atoms with Gasteiger partial charge in [0.1, 0.15) is 5.82 Å². The maximum Gasteiger partial charge on any atom is 0.165 e. The number of ether oxygens (including phenoxy) is 2. The van der Waals surface area contributed by atoms with Crippen molar-refractivity contribution < 1.29 is 9.47 Å². The lowest BCUT2D eigenvalue weighted by atomic mass is 10.1. The second-order valence-electron chi connectivity index (χ2n) is 5.78. The number of nitrogens with one attached hydrogen (secondary N) is 1. The van der Waals surface area contributed by atoms with Crippen LogP contribution in [-0.4, -0.2) is 32.3 Å². The first-order chi connectivity index (χ1) is 11.3. The van der Waals surface area contributed by atoms with Crippen LogP contribution in [0, 0.1) is 0 Å². The van der Waals surface area contributed by atoms with Gasteiger partial charge in [0.15, 0.2) is 11.5 Å². The monoisotopic (exact) mass is 313 g/mol. The summed E-state index contributed by atoms with van der Waals surface area (Å²) < 4.78 is 11.6. The Balaban J connectivity index is 1.68. The summed E-state index contributed by atoms with van der Waals surface area (Å²) in [7, 11) is 4.02. The van der Waals surface area contributed by atoms with Crippen LogP contribution in [0.25, 0.3) is 0 Å². The molecule has 122 valence electrons. The number of hydrogen-bond acceptors (Lipinski definition) is 5. The van der Waals surface area contributed by atoms with Gasteiger partial charge < -0.3 is 19.7 Å². The van der Waals surface area contributed by atoms with E-state index in [0.717, 1.165) is 42.4 Å². The first-order valence-corrected chi connectivity index (χ1v) is 7.95. The molecule has 0 bridgehead atoms. The fourth-order valence-corrected chi connectivity index (χ4v) is 2.70. The number of nitrogens with zero attached hydrogens (tertiary/aromatic N) is 2. The third-order valence-corrected chi connectivity index (χ3v) is 3.78. The molecule has 2 heterocycles. The van der Waals surface area contributed by atoms with Gasteiger partial charge in [0.05, 0.1) is 13.2 Å². The van der Waals surface area contributed by atoms with Gasteiger partial charge in [-0.3, -0.25) is 0 Å². The fraction of sp³-hybridized carbons (Fsp3) is 0.389. The molecule has 0 saturated heterocycles. The van der Waals surface area contributed by atoms with Crippen molar-refractivity contribution in [3.63, 3.8) is 0 Å². The topological polar surface area (TPSA) is 46.6 Å². The Labute approximate surface area is 137 Å². The van der Waals surface area contributed by atoms with E-state index in [9.17, 15) is 0 Å². The van der Waals surface area contributed by atoms with E-state index in [-0.39, 0.29) is 0 Å². The van der Waals surface area contributed by atoms with Gasteiger partial charge in [0.2, 0.25) is 0 Å². The molecule has 0 atom stereocenters. The molecule has 0 saturated carbocycles. The van der Waals surface area contributed by atoms with Crippen LogP contribution in [0.1, 0.15) is 17.5 Å². The molecule has 1 aliphatic rings. The van der Waals surface area contributed by atoms with Gasteiger partial charge in [0, 0.05) is 50.9 Å². The highest BCUT2D eigenvalue weighted by Crippen LogP contribution is 2.33. The first-order valence-electron chi connectivity index (χ1n) is 7.95. The summed E-state index contributed by atoms with van der Waals surface area (Å²) in [5.74, 6) is 2.71. The van der Waals surface area contributed by atoms with Crippen LogP contribution in [0.3, 0.4) is 0 Å². The number of rotatable bonds is 5. The molecule has 0 spiro atoms. The van der Waals surface area contributed by atoms with Crippen molar-refractivity contribution in [2.24, 2.45) is 0 Å². The van der Waals surface area contributed by atoms with Crippen molar-refractivity contribution in [1.29, 1.82) is 0 Å². The van der Waals surface area contributed by atoms with Crippen molar-refractivity contribution in [3.8, 4) is 11.5 Å².